The number of ketones is 1. The van der Waals surface area contributed by atoms with Crippen LogP contribution in [0.4, 0.5) is 9.52 Å². The van der Waals surface area contributed by atoms with E-state index in [2.05, 4.69) is 4.98 Å². The normalized spacial score (nSPS) is 16.9. The van der Waals surface area contributed by atoms with Crippen molar-refractivity contribution in [1.82, 2.24) is 4.98 Å². The van der Waals surface area contributed by atoms with Gasteiger partial charge in [-0.2, -0.15) is 0 Å². The lowest BCUT2D eigenvalue weighted by Crippen LogP contribution is -2.29. The molecule has 8 nitrogen and oxygen atoms in total. The van der Waals surface area contributed by atoms with Crippen molar-refractivity contribution in [2.45, 2.75) is 26.8 Å². The fourth-order valence-corrected chi connectivity index (χ4v) is 4.93. The number of amides is 1. The number of aliphatic hydroxyl groups excluding tert-OH is 1. The highest BCUT2D eigenvalue weighted by atomic mass is 32.1. The molecule has 1 unspecified atom stereocenters. The summed E-state index contributed by atoms with van der Waals surface area (Å²) in [5.74, 6) is -3.34. The summed E-state index contributed by atoms with van der Waals surface area (Å²) in [6.45, 7) is 5.56. The van der Waals surface area contributed by atoms with E-state index in [0.29, 0.717) is 18.1 Å². The van der Waals surface area contributed by atoms with Gasteiger partial charge in [0.2, 0.25) is 0 Å². The summed E-state index contributed by atoms with van der Waals surface area (Å²) < 4.78 is 25.6. The standard InChI is InChI=1S/C26H23FN2O6S/c1-4-34-16-10-8-9-15(13-16)21(30)19-20(17-11-6-7-12-18(17)27)29(24(32)22(19)31)26-28-14(3)23(36-26)25(33)35-5-2/h6-13,20,30H,4-5H2,1-3H3. The van der Waals surface area contributed by atoms with Gasteiger partial charge in [-0.25, -0.2) is 14.2 Å². The number of ether oxygens (including phenoxy) is 2. The fourth-order valence-electron chi connectivity index (χ4n) is 3.95. The largest absolute Gasteiger partial charge is 0.507 e. The highest BCUT2D eigenvalue weighted by Gasteiger charge is 2.49. The monoisotopic (exact) mass is 510 g/mol. The van der Waals surface area contributed by atoms with Gasteiger partial charge in [0.15, 0.2) is 5.13 Å². The van der Waals surface area contributed by atoms with E-state index in [4.69, 9.17) is 9.47 Å². The van der Waals surface area contributed by atoms with Crippen molar-refractivity contribution in [3.63, 3.8) is 0 Å². The van der Waals surface area contributed by atoms with Crippen molar-refractivity contribution in [3.8, 4) is 5.75 Å². The molecule has 0 bridgehead atoms. The van der Waals surface area contributed by atoms with Crippen LogP contribution in [0.5, 0.6) is 5.75 Å². The second kappa shape index (κ2) is 10.3. The third-order valence-electron chi connectivity index (χ3n) is 5.51. The van der Waals surface area contributed by atoms with Gasteiger partial charge in [0.1, 0.15) is 28.2 Å². The number of halogens is 1. The molecule has 4 rings (SSSR count). The second-order valence-corrected chi connectivity index (χ2v) is 8.76. The summed E-state index contributed by atoms with van der Waals surface area (Å²) in [6.07, 6.45) is 0. The quantitative estimate of drug-likeness (QED) is 0.211. The number of hydrogen-bond donors (Lipinski definition) is 1. The molecule has 1 aromatic heterocycles. The molecule has 2 heterocycles. The topological polar surface area (TPSA) is 106 Å². The predicted molar refractivity (Wildman–Crippen MR) is 132 cm³/mol. The number of anilines is 1. The van der Waals surface area contributed by atoms with E-state index in [0.717, 1.165) is 16.2 Å². The summed E-state index contributed by atoms with van der Waals surface area (Å²) in [6, 6.07) is 10.7. The number of esters is 1. The van der Waals surface area contributed by atoms with E-state index in [1.54, 1.807) is 45.0 Å². The van der Waals surface area contributed by atoms with Crippen LogP contribution in [0.3, 0.4) is 0 Å². The van der Waals surface area contributed by atoms with Gasteiger partial charge in [-0.15, -0.1) is 0 Å². The van der Waals surface area contributed by atoms with Gasteiger partial charge in [0.25, 0.3) is 5.78 Å². The summed E-state index contributed by atoms with van der Waals surface area (Å²) in [7, 11) is 0. The van der Waals surface area contributed by atoms with E-state index >= 15 is 4.39 Å². The van der Waals surface area contributed by atoms with Crippen molar-refractivity contribution >= 4 is 39.9 Å². The molecule has 1 fully saturated rings. The van der Waals surface area contributed by atoms with Crippen molar-refractivity contribution < 1.29 is 33.4 Å². The van der Waals surface area contributed by atoms with E-state index in [1.807, 2.05) is 0 Å². The van der Waals surface area contributed by atoms with Gasteiger partial charge in [-0.05, 0) is 39.0 Å². The molecule has 1 N–H and O–H groups in total. The zero-order valence-corrected chi connectivity index (χ0v) is 20.6. The number of aryl methyl sites for hydroxylation is 1. The Morgan fingerprint density at radius 3 is 2.58 bits per heavy atom. The molecule has 1 saturated heterocycles. The maximum Gasteiger partial charge on any atom is 0.350 e. The lowest BCUT2D eigenvalue weighted by Gasteiger charge is -2.23. The number of rotatable bonds is 7. The average Bonchev–Trinajstić information content (AvgIpc) is 3.36. The van der Waals surface area contributed by atoms with Gasteiger partial charge in [0, 0.05) is 11.1 Å². The van der Waals surface area contributed by atoms with Crippen LogP contribution in [-0.4, -0.2) is 41.0 Å². The molecule has 0 spiro atoms. The van der Waals surface area contributed by atoms with Crippen LogP contribution in [0.15, 0.2) is 54.1 Å². The molecule has 1 amide bonds. The number of benzene rings is 2. The number of aliphatic hydroxyl groups is 1. The molecular formula is C26H23FN2O6S. The first-order valence-electron chi connectivity index (χ1n) is 11.2. The van der Waals surface area contributed by atoms with Crippen molar-refractivity contribution in [3.05, 3.63) is 81.6 Å². The average molecular weight is 511 g/mol. The third-order valence-corrected chi connectivity index (χ3v) is 6.65. The van der Waals surface area contributed by atoms with E-state index in [-0.39, 0.29) is 33.3 Å². The zero-order chi connectivity index (χ0) is 26.0. The maximum absolute atomic E-state index is 15.0. The van der Waals surface area contributed by atoms with Crippen LogP contribution in [0.1, 0.15) is 46.4 Å². The minimum Gasteiger partial charge on any atom is -0.507 e. The van der Waals surface area contributed by atoms with Crippen LogP contribution in [0, 0.1) is 12.7 Å². The number of aromatic nitrogens is 1. The molecule has 0 radical (unpaired) electrons. The smallest absolute Gasteiger partial charge is 0.350 e. The van der Waals surface area contributed by atoms with Gasteiger partial charge in [-0.3, -0.25) is 14.5 Å². The Hall–Kier alpha value is -4.05. The number of carbonyl (C=O) groups excluding carboxylic acids is 3. The first-order chi connectivity index (χ1) is 17.3. The fraction of sp³-hybridized carbons (Fsp3) is 0.231. The Morgan fingerprint density at radius 1 is 1.14 bits per heavy atom. The number of carbonyl (C=O) groups is 3. The summed E-state index contributed by atoms with van der Waals surface area (Å²) >= 11 is 0.854. The summed E-state index contributed by atoms with van der Waals surface area (Å²) in [5, 5.41) is 11.2. The first-order valence-corrected chi connectivity index (χ1v) is 12.0. The van der Waals surface area contributed by atoms with Crippen LogP contribution in [-0.2, 0) is 14.3 Å². The Kier molecular flexibility index (Phi) is 7.16. The van der Waals surface area contributed by atoms with E-state index in [9.17, 15) is 19.5 Å². The van der Waals surface area contributed by atoms with Gasteiger partial charge >= 0.3 is 11.9 Å². The van der Waals surface area contributed by atoms with Crippen LogP contribution in [0.25, 0.3) is 5.76 Å². The Morgan fingerprint density at radius 2 is 1.89 bits per heavy atom. The van der Waals surface area contributed by atoms with Crippen LogP contribution in [0.2, 0.25) is 0 Å². The third kappa shape index (κ3) is 4.47. The molecule has 0 saturated carbocycles. The van der Waals surface area contributed by atoms with Crippen molar-refractivity contribution in [2.75, 3.05) is 18.1 Å². The molecule has 1 atom stereocenters. The first kappa shape index (κ1) is 25.1. The minimum absolute atomic E-state index is 0.00743. The van der Waals surface area contributed by atoms with Gasteiger partial charge < -0.3 is 14.6 Å². The molecular weight excluding hydrogens is 487 g/mol. The Balaban J connectivity index is 1.92. The molecule has 10 heteroatoms. The molecule has 1 aliphatic heterocycles. The highest BCUT2D eigenvalue weighted by molar-refractivity contribution is 7.17. The van der Waals surface area contributed by atoms with Crippen molar-refractivity contribution in [1.29, 1.82) is 0 Å². The molecule has 186 valence electrons. The van der Waals surface area contributed by atoms with Crippen molar-refractivity contribution in [2.24, 2.45) is 0 Å². The molecule has 36 heavy (non-hydrogen) atoms. The molecule has 2 aromatic carbocycles. The SMILES string of the molecule is CCOC(=O)c1sc(N2C(=O)C(=O)C(=C(O)c3cccc(OCC)c3)C2c2ccccc2F)nc1C. The van der Waals surface area contributed by atoms with Crippen LogP contribution < -0.4 is 9.64 Å². The number of hydrogen-bond acceptors (Lipinski definition) is 8. The van der Waals surface area contributed by atoms with E-state index in [1.165, 1.54) is 24.3 Å². The van der Waals surface area contributed by atoms with E-state index < -0.39 is 35.3 Å². The lowest BCUT2D eigenvalue weighted by molar-refractivity contribution is -0.132. The lowest BCUT2D eigenvalue weighted by atomic mass is 9.95. The van der Waals surface area contributed by atoms with Crippen LogP contribution >= 0.6 is 11.3 Å². The highest BCUT2D eigenvalue weighted by Crippen LogP contribution is 2.44. The Labute approximate surface area is 210 Å². The predicted octanol–water partition coefficient (Wildman–Crippen LogP) is 4.79. The number of nitrogens with zero attached hydrogens (tertiary/aromatic N) is 2. The minimum atomic E-state index is -1.32. The second-order valence-electron chi connectivity index (χ2n) is 7.78. The molecule has 1 aliphatic rings. The summed E-state index contributed by atoms with van der Waals surface area (Å²) in [5.41, 5.74) is 0.212. The Bertz CT molecular complexity index is 1380. The van der Waals surface area contributed by atoms with Gasteiger partial charge in [-0.1, -0.05) is 41.7 Å². The number of Topliss-reactive ketones (excluding diaryl/α,β-unsaturated/α-hetero) is 1. The molecule has 0 aliphatic carbocycles. The van der Waals surface area contributed by atoms with Gasteiger partial charge in [0.05, 0.1) is 24.5 Å². The maximum atomic E-state index is 15.0. The molecule has 3 aromatic rings. The number of thiazole rings is 1. The summed E-state index contributed by atoms with van der Waals surface area (Å²) in [4.78, 5) is 44.4. The zero-order valence-electron chi connectivity index (χ0n) is 19.8.